The van der Waals surface area contributed by atoms with E-state index in [4.69, 9.17) is 21.4 Å². The average Bonchev–Trinajstić information content (AvgIpc) is 2.45. The number of aryl methyl sites for hydroxylation is 1. The van der Waals surface area contributed by atoms with Gasteiger partial charge in [-0.25, -0.2) is 0 Å². The Morgan fingerprint density at radius 1 is 1.35 bits per heavy atom. The molecule has 3 atom stereocenters. The van der Waals surface area contributed by atoms with E-state index in [0.29, 0.717) is 17.3 Å². The maximum Gasteiger partial charge on any atom is 0.119 e. The molecule has 0 fully saturated rings. The normalized spacial score (nSPS) is 15.7. The SMILES string of the molecule is Cc1cc(OCC(O)CNC(C)C(C)CO)ccc1Cl. The molecule has 0 spiro atoms. The molecule has 4 nitrogen and oxygen atoms in total. The van der Waals surface area contributed by atoms with Crippen molar-refractivity contribution < 1.29 is 14.9 Å². The molecule has 0 aliphatic heterocycles. The summed E-state index contributed by atoms with van der Waals surface area (Å²) in [5.41, 5.74) is 0.946. The van der Waals surface area contributed by atoms with E-state index >= 15 is 0 Å². The molecule has 3 N–H and O–H groups in total. The van der Waals surface area contributed by atoms with Gasteiger partial charge in [-0.1, -0.05) is 18.5 Å². The first kappa shape index (κ1) is 17.2. The highest BCUT2D eigenvalue weighted by molar-refractivity contribution is 6.31. The quantitative estimate of drug-likeness (QED) is 0.687. The first-order chi connectivity index (χ1) is 9.43. The highest BCUT2D eigenvalue weighted by Crippen LogP contribution is 2.21. The zero-order valence-corrected chi connectivity index (χ0v) is 13.0. The fourth-order valence-corrected chi connectivity index (χ4v) is 1.76. The highest BCUT2D eigenvalue weighted by atomic mass is 35.5. The van der Waals surface area contributed by atoms with Crippen LogP contribution in [0.15, 0.2) is 18.2 Å². The summed E-state index contributed by atoms with van der Waals surface area (Å²) in [6.45, 7) is 6.62. The van der Waals surface area contributed by atoms with E-state index in [1.54, 1.807) is 12.1 Å². The third-order valence-corrected chi connectivity index (χ3v) is 3.81. The molecular formula is C15H24ClNO3. The molecule has 0 aliphatic carbocycles. The Morgan fingerprint density at radius 2 is 2.05 bits per heavy atom. The topological polar surface area (TPSA) is 61.7 Å². The molecule has 0 radical (unpaired) electrons. The van der Waals surface area contributed by atoms with Gasteiger partial charge in [-0.15, -0.1) is 0 Å². The van der Waals surface area contributed by atoms with E-state index in [9.17, 15) is 5.11 Å². The number of benzene rings is 1. The van der Waals surface area contributed by atoms with E-state index in [1.165, 1.54) is 0 Å². The van der Waals surface area contributed by atoms with Gasteiger partial charge in [-0.3, -0.25) is 0 Å². The van der Waals surface area contributed by atoms with Gasteiger partial charge in [0.2, 0.25) is 0 Å². The van der Waals surface area contributed by atoms with Crippen molar-refractivity contribution in [2.45, 2.75) is 32.9 Å². The molecule has 3 unspecified atom stereocenters. The van der Waals surface area contributed by atoms with Crippen molar-refractivity contribution in [3.63, 3.8) is 0 Å². The van der Waals surface area contributed by atoms with Crippen LogP contribution in [0.2, 0.25) is 5.02 Å². The molecule has 0 amide bonds. The summed E-state index contributed by atoms with van der Waals surface area (Å²) in [6.07, 6.45) is -0.598. The number of aliphatic hydroxyl groups excluding tert-OH is 2. The Balaban J connectivity index is 2.32. The van der Waals surface area contributed by atoms with E-state index in [-0.39, 0.29) is 25.2 Å². The number of aliphatic hydroxyl groups is 2. The summed E-state index contributed by atoms with van der Waals surface area (Å²) in [7, 11) is 0. The predicted molar refractivity (Wildman–Crippen MR) is 81.4 cm³/mol. The van der Waals surface area contributed by atoms with Crippen LogP contribution in [0.3, 0.4) is 0 Å². The second-order valence-electron chi connectivity index (χ2n) is 5.23. The van der Waals surface area contributed by atoms with Crippen LogP contribution in [-0.4, -0.2) is 42.1 Å². The van der Waals surface area contributed by atoms with E-state index in [1.807, 2.05) is 26.8 Å². The minimum absolute atomic E-state index is 0.130. The Bertz CT molecular complexity index is 414. The predicted octanol–water partition coefficient (Wildman–Crippen LogP) is 1.99. The van der Waals surface area contributed by atoms with Crippen LogP contribution in [0.5, 0.6) is 5.75 Å². The largest absolute Gasteiger partial charge is 0.491 e. The number of nitrogens with one attached hydrogen (secondary N) is 1. The van der Waals surface area contributed by atoms with Crippen molar-refractivity contribution in [1.82, 2.24) is 5.32 Å². The fraction of sp³-hybridized carbons (Fsp3) is 0.600. The van der Waals surface area contributed by atoms with Crippen molar-refractivity contribution >= 4 is 11.6 Å². The molecule has 114 valence electrons. The number of rotatable bonds is 8. The first-order valence-corrected chi connectivity index (χ1v) is 7.23. The zero-order valence-electron chi connectivity index (χ0n) is 12.3. The molecule has 0 aliphatic rings. The Kier molecular flexibility index (Phi) is 7.30. The number of hydrogen-bond acceptors (Lipinski definition) is 4. The van der Waals surface area contributed by atoms with Crippen LogP contribution in [0.4, 0.5) is 0 Å². The molecule has 0 heterocycles. The van der Waals surface area contributed by atoms with E-state index in [2.05, 4.69) is 5.32 Å². The summed E-state index contributed by atoms with van der Waals surface area (Å²) >= 11 is 5.94. The number of hydrogen-bond donors (Lipinski definition) is 3. The van der Waals surface area contributed by atoms with Crippen LogP contribution >= 0.6 is 11.6 Å². The third kappa shape index (κ3) is 5.67. The van der Waals surface area contributed by atoms with Crippen LogP contribution in [0.25, 0.3) is 0 Å². The van der Waals surface area contributed by atoms with E-state index in [0.717, 1.165) is 5.56 Å². The molecular weight excluding hydrogens is 278 g/mol. The van der Waals surface area contributed by atoms with Crippen LogP contribution in [0, 0.1) is 12.8 Å². The zero-order chi connectivity index (χ0) is 15.1. The molecule has 20 heavy (non-hydrogen) atoms. The van der Waals surface area contributed by atoms with Crippen molar-refractivity contribution in [1.29, 1.82) is 0 Å². The molecule has 0 bridgehead atoms. The van der Waals surface area contributed by atoms with Crippen molar-refractivity contribution in [2.24, 2.45) is 5.92 Å². The monoisotopic (exact) mass is 301 g/mol. The van der Waals surface area contributed by atoms with Gasteiger partial charge in [0.1, 0.15) is 18.5 Å². The second-order valence-corrected chi connectivity index (χ2v) is 5.64. The minimum atomic E-state index is -0.598. The van der Waals surface area contributed by atoms with Crippen molar-refractivity contribution in [3.05, 3.63) is 28.8 Å². The lowest BCUT2D eigenvalue weighted by Gasteiger charge is -2.21. The maximum absolute atomic E-state index is 9.86. The summed E-state index contributed by atoms with van der Waals surface area (Å²) in [4.78, 5) is 0. The van der Waals surface area contributed by atoms with Gasteiger partial charge in [0, 0.05) is 24.2 Å². The highest BCUT2D eigenvalue weighted by Gasteiger charge is 2.13. The fourth-order valence-electron chi connectivity index (χ4n) is 1.64. The van der Waals surface area contributed by atoms with Crippen LogP contribution < -0.4 is 10.1 Å². The lowest BCUT2D eigenvalue weighted by Crippen LogP contribution is -2.40. The minimum Gasteiger partial charge on any atom is -0.491 e. The summed E-state index contributed by atoms with van der Waals surface area (Å²) in [6, 6.07) is 5.56. The third-order valence-electron chi connectivity index (χ3n) is 3.39. The van der Waals surface area contributed by atoms with Crippen LogP contribution in [-0.2, 0) is 0 Å². The van der Waals surface area contributed by atoms with Crippen molar-refractivity contribution in [2.75, 3.05) is 19.8 Å². The van der Waals surface area contributed by atoms with Gasteiger partial charge < -0.3 is 20.3 Å². The summed E-state index contributed by atoms with van der Waals surface area (Å²) < 4.78 is 5.52. The molecule has 5 heteroatoms. The Hall–Kier alpha value is -0.810. The Morgan fingerprint density at radius 3 is 2.65 bits per heavy atom. The van der Waals surface area contributed by atoms with Gasteiger partial charge in [-0.05, 0) is 43.5 Å². The number of ether oxygens (including phenoxy) is 1. The van der Waals surface area contributed by atoms with Gasteiger partial charge in [0.25, 0.3) is 0 Å². The molecule has 0 aromatic heterocycles. The van der Waals surface area contributed by atoms with Gasteiger partial charge in [0.05, 0.1) is 0 Å². The summed E-state index contributed by atoms with van der Waals surface area (Å²) in [5, 5.41) is 22.8. The first-order valence-electron chi connectivity index (χ1n) is 6.85. The maximum atomic E-state index is 9.86. The van der Waals surface area contributed by atoms with Crippen LogP contribution in [0.1, 0.15) is 19.4 Å². The van der Waals surface area contributed by atoms with E-state index < -0.39 is 6.10 Å². The molecule has 1 aromatic carbocycles. The average molecular weight is 302 g/mol. The van der Waals surface area contributed by atoms with Gasteiger partial charge in [-0.2, -0.15) is 0 Å². The van der Waals surface area contributed by atoms with Crippen molar-refractivity contribution in [3.8, 4) is 5.75 Å². The Labute approximate surface area is 125 Å². The molecule has 0 saturated carbocycles. The molecule has 1 aromatic rings. The molecule has 1 rings (SSSR count). The second kappa shape index (κ2) is 8.47. The lowest BCUT2D eigenvalue weighted by molar-refractivity contribution is 0.0992. The smallest absolute Gasteiger partial charge is 0.119 e. The van der Waals surface area contributed by atoms with Gasteiger partial charge >= 0.3 is 0 Å². The number of halogens is 1. The van der Waals surface area contributed by atoms with Gasteiger partial charge in [0.15, 0.2) is 0 Å². The lowest BCUT2D eigenvalue weighted by atomic mass is 10.1. The summed E-state index contributed by atoms with van der Waals surface area (Å²) in [5.74, 6) is 0.852. The molecule has 0 saturated heterocycles. The standard InChI is InChI=1S/C15H24ClNO3/c1-10-6-14(4-5-15(10)16)20-9-13(19)7-17-12(3)11(2)8-18/h4-6,11-13,17-19H,7-9H2,1-3H3.